The Bertz CT molecular complexity index is 363. The van der Waals surface area contributed by atoms with Gasteiger partial charge >= 0.3 is 0 Å². The second-order valence-electron chi connectivity index (χ2n) is 8.14. The van der Waals surface area contributed by atoms with E-state index in [4.69, 9.17) is 0 Å². The maximum Gasteiger partial charge on any atom is 0.0780 e. The number of quaternary nitrogens is 1. The van der Waals surface area contributed by atoms with Crippen LogP contribution in [0.5, 0.6) is 0 Å². The predicted octanol–water partition coefficient (Wildman–Crippen LogP) is 6.23. The molecule has 0 saturated heterocycles. The van der Waals surface area contributed by atoms with Crippen molar-refractivity contribution in [1.29, 1.82) is 0 Å². The van der Waals surface area contributed by atoms with Crippen molar-refractivity contribution < 1.29 is 4.48 Å². The van der Waals surface area contributed by atoms with Gasteiger partial charge in [-0.15, -0.1) is 0 Å². The van der Waals surface area contributed by atoms with Gasteiger partial charge in [-0.05, 0) is 31.2 Å². The molecule has 0 atom stereocenters. The summed E-state index contributed by atoms with van der Waals surface area (Å²) in [5.41, 5.74) is 1.50. The molecule has 1 aromatic carbocycles. The van der Waals surface area contributed by atoms with Crippen LogP contribution in [-0.2, 0) is 6.42 Å². The molecule has 0 amide bonds. The summed E-state index contributed by atoms with van der Waals surface area (Å²) in [6.07, 6.45) is 17.0. The van der Waals surface area contributed by atoms with E-state index in [2.05, 4.69) is 51.5 Å². The van der Waals surface area contributed by atoms with E-state index < -0.39 is 0 Å². The fourth-order valence-corrected chi connectivity index (χ4v) is 3.15. The van der Waals surface area contributed by atoms with Gasteiger partial charge in [0.05, 0.1) is 27.7 Å². The molecule has 0 spiro atoms. The number of rotatable bonds is 14. The summed E-state index contributed by atoms with van der Waals surface area (Å²) in [6.45, 7) is 1.32. The molecule has 132 valence electrons. The average Bonchev–Trinajstić information content (AvgIpc) is 2.52. The van der Waals surface area contributed by atoms with Gasteiger partial charge in [0, 0.05) is 0 Å². The van der Waals surface area contributed by atoms with Crippen LogP contribution in [-0.4, -0.2) is 32.2 Å². The summed E-state index contributed by atoms with van der Waals surface area (Å²) in [6, 6.07) is 10.9. The molecule has 1 aromatic rings. The molecule has 23 heavy (non-hydrogen) atoms. The van der Waals surface area contributed by atoms with Crippen molar-refractivity contribution in [2.75, 3.05) is 27.7 Å². The number of unbranched alkanes of at least 4 members (excludes halogenated alkanes) is 10. The van der Waals surface area contributed by atoms with Crippen LogP contribution in [0.4, 0.5) is 0 Å². The van der Waals surface area contributed by atoms with E-state index in [0.29, 0.717) is 0 Å². The lowest BCUT2D eigenvalue weighted by Gasteiger charge is -2.23. The van der Waals surface area contributed by atoms with Gasteiger partial charge < -0.3 is 4.48 Å². The van der Waals surface area contributed by atoms with E-state index >= 15 is 0 Å². The number of hydrogen-bond acceptors (Lipinski definition) is 0. The normalized spacial score (nSPS) is 11.8. The SMILES string of the molecule is C[N+](C)(C)CCCCCCCCCCCCCc1ccccc1. The van der Waals surface area contributed by atoms with Crippen LogP contribution in [0.15, 0.2) is 30.3 Å². The third-order valence-corrected chi connectivity index (χ3v) is 4.64. The highest BCUT2D eigenvalue weighted by Crippen LogP contribution is 2.13. The second-order valence-corrected chi connectivity index (χ2v) is 8.14. The summed E-state index contributed by atoms with van der Waals surface area (Å²) < 4.78 is 1.12. The number of aryl methyl sites for hydroxylation is 1. The van der Waals surface area contributed by atoms with Crippen LogP contribution in [0.2, 0.25) is 0 Å². The Hall–Kier alpha value is -0.820. The van der Waals surface area contributed by atoms with Gasteiger partial charge in [-0.25, -0.2) is 0 Å². The molecule has 0 unspecified atom stereocenters. The lowest BCUT2D eigenvalue weighted by molar-refractivity contribution is -0.870. The smallest absolute Gasteiger partial charge is 0.0780 e. The quantitative estimate of drug-likeness (QED) is 0.282. The largest absolute Gasteiger partial charge is 0.331 e. The van der Waals surface area contributed by atoms with Crippen molar-refractivity contribution in [3.8, 4) is 0 Å². The van der Waals surface area contributed by atoms with Crippen LogP contribution in [0.25, 0.3) is 0 Å². The molecular formula is C22H40N+. The summed E-state index contributed by atoms with van der Waals surface area (Å²) in [7, 11) is 6.87. The van der Waals surface area contributed by atoms with Gasteiger partial charge in [-0.3, -0.25) is 0 Å². The van der Waals surface area contributed by atoms with Crippen LogP contribution in [0.1, 0.15) is 76.2 Å². The van der Waals surface area contributed by atoms with E-state index in [-0.39, 0.29) is 0 Å². The number of benzene rings is 1. The minimum Gasteiger partial charge on any atom is -0.331 e. The van der Waals surface area contributed by atoms with Gasteiger partial charge in [0.2, 0.25) is 0 Å². The van der Waals surface area contributed by atoms with Gasteiger partial charge in [0.1, 0.15) is 0 Å². The molecule has 0 bridgehead atoms. The van der Waals surface area contributed by atoms with Crippen molar-refractivity contribution in [2.45, 2.75) is 77.0 Å². The first kappa shape index (κ1) is 20.2. The average molecular weight is 319 g/mol. The third kappa shape index (κ3) is 13.3. The zero-order valence-corrected chi connectivity index (χ0v) is 16.0. The first-order valence-corrected chi connectivity index (χ1v) is 9.92. The molecule has 0 heterocycles. The van der Waals surface area contributed by atoms with Crippen LogP contribution in [0, 0.1) is 0 Å². The highest BCUT2D eigenvalue weighted by atomic mass is 15.3. The standard InChI is InChI=1S/C22H40N/c1-23(2,3)21-17-12-10-8-6-4-5-7-9-11-14-18-22-19-15-13-16-20-22/h13,15-16,19-20H,4-12,14,17-18,21H2,1-3H3/q+1. The highest BCUT2D eigenvalue weighted by Gasteiger charge is 2.04. The van der Waals surface area contributed by atoms with E-state index in [0.717, 1.165) is 4.48 Å². The molecule has 0 N–H and O–H groups in total. The minimum atomic E-state index is 1.12. The van der Waals surface area contributed by atoms with Crippen molar-refractivity contribution in [1.82, 2.24) is 0 Å². The fraction of sp³-hybridized carbons (Fsp3) is 0.727. The molecule has 0 fully saturated rings. The molecule has 1 nitrogen and oxygen atoms in total. The van der Waals surface area contributed by atoms with Crippen molar-refractivity contribution in [3.63, 3.8) is 0 Å². The maximum absolute atomic E-state index is 2.29. The first-order chi connectivity index (χ1) is 11.1. The number of hydrogen-bond donors (Lipinski definition) is 0. The van der Waals surface area contributed by atoms with Crippen LogP contribution >= 0.6 is 0 Å². The highest BCUT2D eigenvalue weighted by molar-refractivity contribution is 5.14. The molecule has 1 rings (SSSR count). The molecule has 1 heteroatoms. The maximum atomic E-state index is 2.29. The summed E-state index contributed by atoms with van der Waals surface area (Å²) in [5, 5.41) is 0. The first-order valence-electron chi connectivity index (χ1n) is 9.92. The van der Waals surface area contributed by atoms with Gasteiger partial charge in [0.15, 0.2) is 0 Å². The zero-order chi connectivity index (χ0) is 16.8. The Balaban J connectivity index is 1.76. The topological polar surface area (TPSA) is 0 Å². The van der Waals surface area contributed by atoms with E-state index in [1.807, 2.05) is 0 Å². The van der Waals surface area contributed by atoms with E-state index in [1.54, 1.807) is 0 Å². The van der Waals surface area contributed by atoms with Crippen molar-refractivity contribution in [2.24, 2.45) is 0 Å². The molecule has 0 aromatic heterocycles. The lowest BCUT2D eigenvalue weighted by atomic mass is 10.0. The van der Waals surface area contributed by atoms with Crippen molar-refractivity contribution >= 4 is 0 Å². The Morgan fingerprint density at radius 3 is 1.48 bits per heavy atom. The molecular weight excluding hydrogens is 278 g/mol. The van der Waals surface area contributed by atoms with Crippen LogP contribution in [0.3, 0.4) is 0 Å². The summed E-state index contributed by atoms with van der Waals surface area (Å²) >= 11 is 0. The summed E-state index contributed by atoms with van der Waals surface area (Å²) in [4.78, 5) is 0. The van der Waals surface area contributed by atoms with E-state index in [1.165, 1.54) is 89.2 Å². The van der Waals surface area contributed by atoms with Crippen LogP contribution < -0.4 is 0 Å². The predicted molar refractivity (Wildman–Crippen MR) is 104 cm³/mol. The molecule has 0 aliphatic carbocycles. The lowest BCUT2D eigenvalue weighted by Crippen LogP contribution is -2.35. The van der Waals surface area contributed by atoms with Gasteiger partial charge in [-0.2, -0.15) is 0 Å². The molecule has 0 radical (unpaired) electrons. The minimum absolute atomic E-state index is 1.12. The second kappa shape index (κ2) is 12.6. The Morgan fingerprint density at radius 1 is 0.565 bits per heavy atom. The monoisotopic (exact) mass is 318 g/mol. The molecule has 0 saturated carbocycles. The zero-order valence-electron chi connectivity index (χ0n) is 16.0. The number of nitrogens with zero attached hydrogens (tertiary/aromatic N) is 1. The van der Waals surface area contributed by atoms with E-state index in [9.17, 15) is 0 Å². The summed E-state index contributed by atoms with van der Waals surface area (Å²) in [5.74, 6) is 0. The van der Waals surface area contributed by atoms with Crippen molar-refractivity contribution in [3.05, 3.63) is 35.9 Å². The van der Waals surface area contributed by atoms with Gasteiger partial charge in [-0.1, -0.05) is 81.7 Å². The Morgan fingerprint density at radius 2 is 1.00 bits per heavy atom. The Labute approximate surface area is 145 Å². The van der Waals surface area contributed by atoms with Gasteiger partial charge in [0.25, 0.3) is 0 Å². The fourth-order valence-electron chi connectivity index (χ4n) is 3.15. The molecule has 0 aliphatic rings. The Kier molecular flexibility index (Phi) is 11.1. The third-order valence-electron chi connectivity index (χ3n) is 4.64. The molecule has 0 aliphatic heterocycles.